The molecule has 1 saturated heterocycles. The lowest BCUT2D eigenvalue weighted by Gasteiger charge is -2.10. The third-order valence-electron chi connectivity index (χ3n) is 3.65. The van der Waals surface area contributed by atoms with Crippen LogP contribution in [0.25, 0.3) is 6.08 Å². The van der Waals surface area contributed by atoms with Crippen molar-refractivity contribution >= 4 is 46.0 Å². The molecular formula is C18H14N2O4S2. The summed E-state index contributed by atoms with van der Waals surface area (Å²) < 4.78 is 5.85. The molecule has 1 amide bonds. The van der Waals surface area contributed by atoms with Gasteiger partial charge in [0.15, 0.2) is 0 Å². The van der Waals surface area contributed by atoms with Crippen LogP contribution in [0.5, 0.6) is 5.75 Å². The van der Waals surface area contributed by atoms with Crippen LogP contribution in [-0.2, 0) is 6.61 Å². The van der Waals surface area contributed by atoms with Gasteiger partial charge in [-0.25, -0.2) is 0 Å². The Kier molecular flexibility index (Phi) is 5.34. The molecule has 1 aliphatic rings. The molecule has 6 nitrogen and oxygen atoms in total. The van der Waals surface area contributed by atoms with Gasteiger partial charge in [0.05, 0.1) is 9.83 Å². The van der Waals surface area contributed by atoms with Gasteiger partial charge in [0.25, 0.3) is 10.9 Å². The lowest BCUT2D eigenvalue weighted by molar-refractivity contribution is -0.384. The number of nitro benzene ring substituents is 1. The van der Waals surface area contributed by atoms with Crippen molar-refractivity contribution in [2.45, 2.75) is 13.5 Å². The Balaban J connectivity index is 1.90. The Morgan fingerprint density at radius 2 is 2.00 bits per heavy atom. The lowest BCUT2D eigenvalue weighted by Crippen LogP contribution is -2.15. The van der Waals surface area contributed by atoms with Gasteiger partial charge < -0.3 is 10.1 Å². The van der Waals surface area contributed by atoms with Crippen LogP contribution in [0.15, 0.2) is 47.4 Å². The van der Waals surface area contributed by atoms with Crippen LogP contribution in [0.3, 0.4) is 0 Å². The Hall–Kier alpha value is -2.71. The lowest BCUT2D eigenvalue weighted by atomic mass is 10.1. The molecule has 8 heteroatoms. The van der Waals surface area contributed by atoms with Crippen LogP contribution in [0.4, 0.5) is 10.5 Å². The zero-order valence-corrected chi connectivity index (χ0v) is 15.4. The van der Waals surface area contributed by atoms with Crippen molar-refractivity contribution in [1.29, 1.82) is 0 Å². The van der Waals surface area contributed by atoms with E-state index in [0.717, 1.165) is 22.9 Å². The van der Waals surface area contributed by atoms with Crippen LogP contribution in [0.2, 0.25) is 0 Å². The highest BCUT2D eigenvalue weighted by Crippen LogP contribution is 2.32. The number of nitrogens with zero attached hydrogens (tertiary/aromatic N) is 1. The first kappa shape index (κ1) is 18.1. The molecular weight excluding hydrogens is 372 g/mol. The maximum absolute atomic E-state index is 11.4. The number of rotatable bonds is 5. The summed E-state index contributed by atoms with van der Waals surface area (Å²) in [6, 6.07) is 12.2. The van der Waals surface area contributed by atoms with Crippen LogP contribution >= 0.6 is 24.0 Å². The Labute approximate surface area is 159 Å². The van der Waals surface area contributed by atoms with Gasteiger partial charge in [-0.15, -0.1) is 0 Å². The normalized spacial score (nSPS) is 15.2. The highest BCUT2D eigenvalue weighted by molar-refractivity contribution is 8.19. The third kappa shape index (κ3) is 4.27. The quantitative estimate of drug-likeness (QED) is 0.350. The first-order chi connectivity index (χ1) is 12.4. The van der Waals surface area contributed by atoms with E-state index in [9.17, 15) is 14.9 Å². The van der Waals surface area contributed by atoms with E-state index in [-0.39, 0.29) is 10.9 Å². The molecule has 132 valence electrons. The van der Waals surface area contributed by atoms with Gasteiger partial charge in [-0.3, -0.25) is 14.9 Å². The molecule has 0 atom stereocenters. The van der Waals surface area contributed by atoms with E-state index in [1.165, 1.54) is 12.1 Å². The first-order valence-electron chi connectivity index (χ1n) is 7.64. The van der Waals surface area contributed by atoms with E-state index in [2.05, 4.69) is 5.32 Å². The zero-order valence-electron chi connectivity index (χ0n) is 13.7. The van der Waals surface area contributed by atoms with Gasteiger partial charge in [0, 0.05) is 17.7 Å². The van der Waals surface area contributed by atoms with Gasteiger partial charge in [-0.05, 0) is 36.4 Å². The topological polar surface area (TPSA) is 81.5 Å². The summed E-state index contributed by atoms with van der Waals surface area (Å²) in [7, 11) is 0. The number of amides is 1. The van der Waals surface area contributed by atoms with Crippen molar-refractivity contribution in [2.75, 3.05) is 0 Å². The van der Waals surface area contributed by atoms with Crippen LogP contribution in [0, 0.1) is 17.0 Å². The van der Waals surface area contributed by atoms with Crippen LogP contribution in [0.1, 0.15) is 16.7 Å². The van der Waals surface area contributed by atoms with Crippen LogP contribution in [-0.4, -0.2) is 15.2 Å². The van der Waals surface area contributed by atoms with Crippen molar-refractivity contribution < 1.29 is 14.5 Å². The van der Waals surface area contributed by atoms with Gasteiger partial charge >= 0.3 is 0 Å². The fraction of sp³-hybridized carbons (Fsp3) is 0.111. The number of nitro groups is 1. The molecule has 0 bridgehead atoms. The number of non-ortho nitro benzene ring substituents is 1. The van der Waals surface area contributed by atoms with Crippen molar-refractivity contribution in [1.82, 2.24) is 5.32 Å². The van der Waals surface area contributed by atoms with E-state index in [1.807, 2.05) is 31.2 Å². The van der Waals surface area contributed by atoms with Crippen molar-refractivity contribution in [3.05, 3.63) is 74.2 Å². The molecule has 0 radical (unpaired) electrons. The summed E-state index contributed by atoms with van der Waals surface area (Å²) in [4.78, 5) is 22.9. The summed E-state index contributed by atoms with van der Waals surface area (Å²) >= 11 is 6.05. The average molecular weight is 386 g/mol. The molecule has 0 aromatic heterocycles. The fourth-order valence-corrected chi connectivity index (χ4v) is 3.33. The molecule has 0 unspecified atom stereocenters. The summed E-state index contributed by atoms with van der Waals surface area (Å²) in [6.07, 6.45) is 1.63. The average Bonchev–Trinajstić information content (AvgIpc) is 2.92. The second-order valence-electron chi connectivity index (χ2n) is 5.61. The number of ether oxygens (including phenoxy) is 1. The number of carbonyl (C=O) groups excluding carboxylic acids is 1. The largest absolute Gasteiger partial charge is 0.488 e. The molecule has 1 aliphatic heterocycles. The molecule has 26 heavy (non-hydrogen) atoms. The Bertz CT molecular complexity index is 923. The van der Waals surface area contributed by atoms with E-state index in [4.69, 9.17) is 17.0 Å². The molecule has 3 rings (SSSR count). The highest BCUT2D eigenvalue weighted by Gasteiger charge is 2.22. The first-order valence-corrected chi connectivity index (χ1v) is 8.86. The Morgan fingerprint density at radius 1 is 1.27 bits per heavy atom. The molecule has 1 N–H and O–H groups in total. The minimum absolute atomic E-state index is 0.0623. The smallest absolute Gasteiger partial charge is 0.289 e. The van der Waals surface area contributed by atoms with Gasteiger partial charge in [0.1, 0.15) is 17.3 Å². The van der Waals surface area contributed by atoms with E-state index < -0.39 is 4.92 Å². The molecule has 1 heterocycles. The van der Waals surface area contributed by atoms with Gasteiger partial charge in [-0.2, -0.15) is 0 Å². The third-order valence-corrected chi connectivity index (χ3v) is 4.93. The minimum atomic E-state index is -0.477. The summed E-state index contributed by atoms with van der Waals surface area (Å²) in [5.74, 6) is 0.478. The molecule has 0 saturated carbocycles. The molecule has 0 spiro atoms. The maximum atomic E-state index is 11.4. The number of hydrogen-bond acceptors (Lipinski definition) is 6. The number of aryl methyl sites for hydroxylation is 1. The van der Waals surface area contributed by atoms with Gasteiger partial charge in [-0.1, -0.05) is 42.0 Å². The number of nitrogens with one attached hydrogen (secondary N) is 1. The minimum Gasteiger partial charge on any atom is -0.488 e. The highest BCUT2D eigenvalue weighted by atomic mass is 32.2. The van der Waals surface area contributed by atoms with E-state index in [0.29, 0.717) is 27.8 Å². The SMILES string of the molecule is Cc1ccc(COc2ccc([N+](=O)[O-])cc2C=C2SC(=O)NC2=S)cc1. The molecule has 2 aromatic carbocycles. The molecule has 2 aromatic rings. The summed E-state index contributed by atoms with van der Waals surface area (Å²) in [5, 5.41) is 13.3. The molecule has 1 fully saturated rings. The zero-order chi connectivity index (χ0) is 18.7. The monoisotopic (exact) mass is 386 g/mol. The number of thiocarbonyl (C=S) groups is 1. The second-order valence-corrected chi connectivity index (χ2v) is 7.03. The van der Waals surface area contributed by atoms with E-state index in [1.54, 1.807) is 12.1 Å². The predicted octanol–water partition coefficient (Wildman–Crippen LogP) is 4.61. The second kappa shape index (κ2) is 7.67. The predicted molar refractivity (Wildman–Crippen MR) is 105 cm³/mol. The van der Waals surface area contributed by atoms with Crippen LogP contribution < -0.4 is 10.1 Å². The fourth-order valence-electron chi connectivity index (χ4n) is 2.30. The number of thioether (sulfide) groups is 1. The number of carbonyl (C=O) groups is 1. The number of hydrogen-bond donors (Lipinski definition) is 1. The molecule has 0 aliphatic carbocycles. The standard InChI is InChI=1S/C18H14N2O4S2/c1-11-2-4-12(5-3-11)10-24-15-7-6-14(20(22)23)8-13(15)9-16-17(25)19-18(21)26-16/h2-9H,10H2,1H3,(H,19,21,25). The van der Waals surface area contributed by atoms with E-state index >= 15 is 0 Å². The van der Waals surface area contributed by atoms with Crippen molar-refractivity contribution in [3.63, 3.8) is 0 Å². The Morgan fingerprint density at radius 3 is 2.62 bits per heavy atom. The summed E-state index contributed by atoms with van der Waals surface area (Å²) in [6.45, 7) is 2.33. The number of benzene rings is 2. The maximum Gasteiger partial charge on any atom is 0.289 e. The van der Waals surface area contributed by atoms with Crippen molar-refractivity contribution in [3.8, 4) is 5.75 Å². The van der Waals surface area contributed by atoms with Gasteiger partial charge in [0.2, 0.25) is 0 Å². The summed E-state index contributed by atoms with van der Waals surface area (Å²) in [5.41, 5.74) is 2.56. The van der Waals surface area contributed by atoms with Crippen molar-refractivity contribution in [2.24, 2.45) is 0 Å².